The minimum absolute atomic E-state index is 0.283. The predicted octanol–water partition coefficient (Wildman–Crippen LogP) is 2.69. The number of nitrogens with one attached hydrogen (secondary N) is 1. The van der Waals surface area contributed by atoms with E-state index in [-0.39, 0.29) is 11.9 Å². The van der Waals surface area contributed by atoms with E-state index in [2.05, 4.69) is 26.5 Å². The van der Waals surface area contributed by atoms with E-state index >= 15 is 0 Å². The normalized spacial score (nSPS) is 12.7. The van der Waals surface area contributed by atoms with Crippen LogP contribution in [-0.2, 0) is 13.5 Å². The summed E-state index contributed by atoms with van der Waals surface area (Å²) in [5, 5.41) is 4.38. The Labute approximate surface area is 126 Å². The molecule has 1 aromatic carbocycles. The lowest BCUT2D eigenvalue weighted by atomic mass is 9.98. The van der Waals surface area contributed by atoms with Crippen LogP contribution in [0.3, 0.4) is 0 Å². The summed E-state index contributed by atoms with van der Waals surface area (Å²) >= 11 is 3.20. The molecule has 0 aliphatic carbocycles. The summed E-state index contributed by atoms with van der Waals surface area (Å²) in [6.07, 6.45) is 0.593. The van der Waals surface area contributed by atoms with Crippen LogP contribution >= 0.6 is 15.9 Å². The van der Waals surface area contributed by atoms with Crippen molar-refractivity contribution in [3.05, 3.63) is 51.0 Å². The number of aromatic nitrogens is 2. The Hall–Kier alpha value is -1.24. The molecule has 1 heterocycles. The van der Waals surface area contributed by atoms with Gasteiger partial charge < -0.3 is 0 Å². The highest BCUT2D eigenvalue weighted by atomic mass is 79.9. The molecular weight excluding hydrogens is 323 g/mol. The Balaban J connectivity index is 2.36. The van der Waals surface area contributed by atoms with Crippen LogP contribution in [0.2, 0.25) is 0 Å². The van der Waals surface area contributed by atoms with Gasteiger partial charge in [0.1, 0.15) is 5.82 Å². The number of halogens is 2. The molecule has 2 aromatic rings. The third-order valence-electron chi connectivity index (χ3n) is 3.63. The number of nitrogens with two attached hydrogens (primary N) is 1. The van der Waals surface area contributed by atoms with Gasteiger partial charge in [0.2, 0.25) is 0 Å². The molecule has 3 N–H and O–H groups in total. The highest BCUT2D eigenvalue weighted by Gasteiger charge is 2.20. The SMILES string of the molecule is Cc1nn(C)c(C)c1CC(NN)c1cccc(Br)c1F. The first-order valence-electron chi connectivity index (χ1n) is 6.34. The number of hydrazine groups is 1. The van der Waals surface area contributed by atoms with Gasteiger partial charge in [0, 0.05) is 18.3 Å². The Bertz CT molecular complexity index is 624. The zero-order valence-corrected chi connectivity index (χ0v) is 13.3. The molecule has 1 unspecified atom stereocenters. The molecule has 2 rings (SSSR count). The molecule has 4 nitrogen and oxygen atoms in total. The van der Waals surface area contributed by atoms with E-state index in [1.165, 1.54) is 0 Å². The standard InChI is InChI=1S/C14H18BrFN4/c1-8-11(9(2)20(3)19-8)7-13(18-17)10-5-4-6-12(15)14(10)16/h4-6,13,18H,7,17H2,1-3H3. The smallest absolute Gasteiger partial charge is 0.142 e. The van der Waals surface area contributed by atoms with Crippen LogP contribution in [0.1, 0.15) is 28.6 Å². The number of rotatable bonds is 4. The maximum absolute atomic E-state index is 14.2. The van der Waals surface area contributed by atoms with Gasteiger partial charge in [-0.05, 0) is 47.8 Å². The monoisotopic (exact) mass is 340 g/mol. The van der Waals surface area contributed by atoms with Gasteiger partial charge in [0.25, 0.3) is 0 Å². The average molecular weight is 341 g/mol. The molecule has 1 atom stereocenters. The van der Waals surface area contributed by atoms with E-state index in [0.29, 0.717) is 16.5 Å². The highest BCUT2D eigenvalue weighted by Crippen LogP contribution is 2.27. The second kappa shape index (κ2) is 6.03. The summed E-state index contributed by atoms with van der Waals surface area (Å²) in [6.45, 7) is 3.95. The third-order valence-corrected chi connectivity index (χ3v) is 4.24. The van der Waals surface area contributed by atoms with E-state index in [9.17, 15) is 4.39 Å². The van der Waals surface area contributed by atoms with Crippen molar-refractivity contribution in [2.24, 2.45) is 12.9 Å². The Morgan fingerprint density at radius 3 is 2.70 bits per heavy atom. The lowest BCUT2D eigenvalue weighted by molar-refractivity contribution is 0.506. The molecule has 0 saturated carbocycles. The number of nitrogens with zero attached hydrogens (tertiary/aromatic N) is 2. The van der Waals surface area contributed by atoms with Crippen LogP contribution < -0.4 is 11.3 Å². The largest absolute Gasteiger partial charge is 0.272 e. The van der Waals surface area contributed by atoms with E-state index in [4.69, 9.17) is 5.84 Å². The summed E-state index contributed by atoms with van der Waals surface area (Å²) in [5.41, 5.74) is 6.35. The molecule has 0 spiro atoms. The van der Waals surface area contributed by atoms with Crippen molar-refractivity contribution in [3.63, 3.8) is 0 Å². The minimum atomic E-state index is -0.297. The van der Waals surface area contributed by atoms with Crippen LogP contribution in [0.25, 0.3) is 0 Å². The molecule has 0 saturated heterocycles. The molecule has 6 heteroatoms. The van der Waals surface area contributed by atoms with Crippen molar-refractivity contribution in [1.29, 1.82) is 0 Å². The number of hydrogen-bond acceptors (Lipinski definition) is 3. The second-order valence-corrected chi connectivity index (χ2v) is 5.69. The first-order valence-corrected chi connectivity index (χ1v) is 7.14. The van der Waals surface area contributed by atoms with Gasteiger partial charge in [0.15, 0.2) is 0 Å². The van der Waals surface area contributed by atoms with Crippen molar-refractivity contribution in [1.82, 2.24) is 15.2 Å². The molecular formula is C14H18BrFN4. The van der Waals surface area contributed by atoms with Crippen molar-refractivity contribution in [3.8, 4) is 0 Å². The van der Waals surface area contributed by atoms with Gasteiger partial charge in [-0.1, -0.05) is 12.1 Å². The van der Waals surface area contributed by atoms with E-state index < -0.39 is 0 Å². The second-order valence-electron chi connectivity index (χ2n) is 4.84. The minimum Gasteiger partial charge on any atom is -0.272 e. The molecule has 108 valence electrons. The fourth-order valence-corrected chi connectivity index (χ4v) is 2.75. The van der Waals surface area contributed by atoms with Gasteiger partial charge in [-0.15, -0.1) is 0 Å². The quantitative estimate of drug-likeness (QED) is 0.664. The van der Waals surface area contributed by atoms with Crippen LogP contribution in [0.5, 0.6) is 0 Å². The maximum Gasteiger partial charge on any atom is 0.142 e. The first-order chi connectivity index (χ1) is 9.45. The Morgan fingerprint density at radius 2 is 2.15 bits per heavy atom. The highest BCUT2D eigenvalue weighted by molar-refractivity contribution is 9.10. The lowest BCUT2D eigenvalue weighted by Crippen LogP contribution is -2.30. The summed E-state index contributed by atoms with van der Waals surface area (Å²) in [7, 11) is 1.90. The van der Waals surface area contributed by atoms with Crippen LogP contribution in [0, 0.1) is 19.7 Å². The molecule has 0 aliphatic heterocycles. The van der Waals surface area contributed by atoms with Crippen molar-refractivity contribution in [2.45, 2.75) is 26.3 Å². The van der Waals surface area contributed by atoms with E-state index in [0.717, 1.165) is 17.0 Å². The fourth-order valence-electron chi connectivity index (χ4n) is 2.37. The predicted molar refractivity (Wildman–Crippen MR) is 80.6 cm³/mol. The summed E-state index contributed by atoms with van der Waals surface area (Å²) in [5.74, 6) is 5.34. The van der Waals surface area contributed by atoms with Gasteiger partial charge >= 0.3 is 0 Å². The van der Waals surface area contributed by atoms with Crippen molar-refractivity contribution < 1.29 is 4.39 Å². The lowest BCUT2D eigenvalue weighted by Gasteiger charge is -2.18. The number of aryl methyl sites for hydroxylation is 2. The Morgan fingerprint density at radius 1 is 1.45 bits per heavy atom. The Kier molecular flexibility index (Phi) is 4.57. The molecule has 0 bridgehead atoms. The number of benzene rings is 1. The maximum atomic E-state index is 14.2. The summed E-state index contributed by atoms with van der Waals surface area (Å²) in [4.78, 5) is 0. The van der Waals surface area contributed by atoms with Crippen LogP contribution in [-0.4, -0.2) is 9.78 Å². The van der Waals surface area contributed by atoms with Gasteiger partial charge in [-0.2, -0.15) is 5.10 Å². The van der Waals surface area contributed by atoms with Crippen LogP contribution in [0.15, 0.2) is 22.7 Å². The molecule has 0 fully saturated rings. The zero-order chi connectivity index (χ0) is 14.9. The first kappa shape index (κ1) is 15.2. The fraction of sp³-hybridized carbons (Fsp3) is 0.357. The van der Waals surface area contributed by atoms with Gasteiger partial charge in [0.05, 0.1) is 16.2 Å². The van der Waals surface area contributed by atoms with Gasteiger partial charge in [-0.3, -0.25) is 16.0 Å². The topological polar surface area (TPSA) is 55.9 Å². The van der Waals surface area contributed by atoms with Crippen molar-refractivity contribution >= 4 is 15.9 Å². The average Bonchev–Trinajstić information content (AvgIpc) is 2.65. The molecule has 1 aromatic heterocycles. The number of hydrogen-bond donors (Lipinski definition) is 2. The van der Waals surface area contributed by atoms with E-state index in [1.54, 1.807) is 18.2 Å². The molecule has 0 aliphatic rings. The van der Waals surface area contributed by atoms with E-state index in [1.807, 2.05) is 25.6 Å². The summed E-state index contributed by atoms with van der Waals surface area (Å²) < 4.78 is 16.5. The zero-order valence-electron chi connectivity index (χ0n) is 11.7. The van der Waals surface area contributed by atoms with Crippen LogP contribution in [0.4, 0.5) is 4.39 Å². The third kappa shape index (κ3) is 2.77. The van der Waals surface area contributed by atoms with Gasteiger partial charge in [-0.25, -0.2) is 4.39 Å². The molecule has 0 radical (unpaired) electrons. The molecule has 20 heavy (non-hydrogen) atoms. The molecule has 0 amide bonds. The van der Waals surface area contributed by atoms with Crippen molar-refractivity contribution in [2.75, 3.05) is 0 Å². The summed E-state index contributed by atoms with van der Waals surface area (Å²) in [6, 6.07) is 4.92.